The van der Waals surface area contributed by atoms with Crippen LogP contribution in [0.25, 0.3) is 0 Å². The van der Waals surface area contributed by atoms with E-state index in [1.54, 1.807) is 0 Å². The molecular formula is C9H20N2O. The Morgan fingerprint density at radius 3 is 2.67 bits per heavy atom. The lowest BCUT2D eigenvalue weighted by molar-refractivity contribution is 0.175. The van der Waals surface area contributed by atoms with Crippen molar-refractivity contribution in [3.8, 4) is 0 Å². The first-order valence-electron chi connectivity index (χ1n) is 4.60. The largest absolute Gasteiger partial charge is 0.394 e. The molecular weight excluding hydrogens is 152 g/mol. The molecule has 1 rings (SSSR count). The predicted molar refractivity (Wildman–Crippen MR) is 50.2 cm³/mol. The zero-order chi connectivity index (χ0) is 9.19. The minimum absolute atomic E-state index is 0.129. The van der Waals surface area contributed by atoms with Crippen molar-refractivity contribution in [3.63, 3.8) is 0 Å². The average Bonchev–Trinajstić information content (AvgIpc) is 2.35. The lowest BCUT2D eigenvalue weighted by Gasteiger charge is -2.27. The van der Waals surface area contributed by atoms with Gasteiger partial charge in [-0.15, -0.1) is 0 Å². The van der Waals surface area contributed by atoms with Crippen molar-refractivity contribution in [2.45, 2.75) is 31.8 Å². The van der Waals surface area contributed by atoms with Crippen LogP contribution in [0.15, 0.2) is 0 Å². The van der Waals surface area contributed by atoms with E-state index in [2.05, 4.69) is 17.3 Å². The van der Waals surface area contributed by atoms with Crippen LogP contribution in [0.3, 0.4) is 0 Å². The topological polar surface area (TPSA) is 35.5 Å². The molecule has 3 heteroatoms. The van der Waals surface area contributed by atoms with E-state index in [0.29, 0.717) is 6.04 Å². The van der Waals surface area contributed by atoms with Crippen molar-refractivity contribution in [3.05, 3.63) is 0 Å². The van der Waals surface area contributed by atoms with Crippen molar-refractivity contribution in [2.75, 3.05) is 26.7 Å². The third-order valence-electron chi connectivity index (χ3n) is 2.38. The van der Waals surface area contributed by atoms with Gasteiger partial charge in [-0.1, -0.05) is 0 Å². The van der Waals surface area contributed by atoms with Gasteiger partial charge in [-0.2, -0.15) is 0 Å². The summed E-state index contributed by atoms with van der Waals surface area (Å²) in [5.41, 5.74) is -0.129. The highest BCUT2D eigenvalue weighted by molar-refractivity contribution is 4.86. The number of likely N-dealkylation sites (tertiary alicyclic amines) is 1. The maximum atomic E-state index is 9.04. The third-order valence-corrected chi connectivity index (χ3v) is 2.38. The van der Waals surface area contributed by atoms with Crippen molar-refractivity contribution >= 4 is 0 Å². The molecule has 1 fully saturated rings. The first kappa shape index (κ1) is 9.96. The van der Waals surface area contributed by atoms with Crippen LogP contribution in [0.5, 0.6) is 0 Å². The van der Waals surface area contributed by atoms with Gasteiger partial charge in [0.25, 0.3) is 0 Å². The molecule has 1 atom stereocenters. The van der Waals surface area contributed by atoms with Crippen LogP contribution in [0.2, 0.25) is 0 Å². The monoisotopic (exact) mass is 172 g/mol. The maximum absolute atomic E-state index is 9.04. The van der Waals surface area contributed by atoms with Gasteiger partial charge >= 0.3 is 0 Å². The fourth-order valence-corrected chi connectivity index (χ4v) is 1.65. The second kappa shape index (κ2) is 3.73. The molecule has 0 amide bonds. The zero-order valence-electron chi connectivity index (χ0n) is 8.30. The molecule has 2 N–H and O–H groups in total. The van der Waals surface area contributed by atoms with Gasteiger partial charge in [-0.05, 0) is 33.9 Å². The highest BCUT2D eigenvalue weighted by atomic mass is 16.3. The first-order valence-corrected chi connectivity index (χ1v) is 4.60. The molecule has 1 heterocycles. The van der Waals surface area contributed by atoms with Crippen LogP contribution in [0.1, 0.15) is 20.3 Å². The summed E-state index contributed by atoms with van der Waals surface area (Å²) in [7, 11) is 2.13. The van der Waals surface area contributed by atoms with E-state index in [9.17, 15) is 0 Å². The summed E-state index contributed by atoms with van der Waals surface area (Å²) in [6, 6.07) is 0.553. The summed E-state index contributed by atoms with van der Waals surface area (Å²) in [6.07, 6.45) is 1.19. The number of hydrogen-bond acceptors (Lipinski definition) is 3. The molecule has 0 saturated carbocycles. The number of hydrogen-bond donors (Lipinski definition) is 2. The Balaban J connectivity index is 2.32. The SMILES string of the molecule is CN1CCC(NC(C)(C)CO)C1. The molecule has 0 bridgehead atoms. The fraction of sp³-hybridized carbons (Fsp3) is 1.00. The Morgan fingerprint density at radius 2 is 2.25 bits per heavy atom. The molecule has 0 spiro atoms. The smallest absolute Gasteiger partial charge is 0.0607 e. The van der Waals surface area contributed by atoms with Crippen molar-refractivity contribution < 1.29 is 5.11 Å². The lowest BCUT2D eigenvalue weighted by Crippen LogP contribution is -2.49. The molecule has 0 radical (unpaired) electrons. The summed E-state index contributed by atoms with van der Waals surface area (Å²) in [6.45, 7) is 6.53. The number of aliphatic hydroxyl groups excluding tert-OH is 1. The van der Waals surface area contributed by atoms with Crippen molar-refractivity contribution in [2.24, 2.45) is 0 Å². The van der Waals surface area contributed by atoms with Crippen molar-refractivity contribution in [1.82, 2.24) is 10.2 Å². The molecule has 12 heavy (non-hydrogen) atoms. The van der Waals surface area contributed by atoms with E-state index in [1.165, 1.54) is 13.0 Å². The normalized spacial score (nSPS) is 26.5. The summed E-state index contributed by atoms with van der Waals surface area (Å²) in [4.78, 5) is 2.31. The lowest BCUT2D eigenvalue weighted by atomic mass is 10.1. The first-order chi connectivity index (χ1) is 5.53. The molecule has 1 aliphatic rings. The molecule has 3 nitrogen and oxygen atoms in total. The molecule has 0 aromatic rings. The van der Waals surface area contributed by atoms with E-state index in [-0.39, 0.29) is 12.1 Å². The Bertz CT molecular complexity index is 147. The van der Waals surface area contributed by atoms with Gasteiger partial charge in [-0.3, -0.25) is 0 Å². The van der Waals surface area contributed by atoms with Crippen LogP contribution in [0.4, 0.5) is 0 Å². The highest BCUT2D eigenvalue weighted by Gasteiger charge is 2.25. The number of rotatable bonds is 3. The number of aliphatic hydroxyl groups is 1. The minimum Gasteiger partial charge on any atom is -0.394 e. The molecule has 1 saturated heterocycles. The summed E-state index contributed by atoms with van der Waals surface area (Å²) in [5.74, 6) is 0. The second-order valence-electron chi connectivity index (χ2n) is 4.43. The van der Waals surface area contributed by atoms with Gasteiger partial charge < -0.3 is 15.3 Å². The second-order valence-corrected chi connectivity index (χ2v) is 4.43. The zero-order valence-corrected chi connectivity index (χ0v) is 8.30. The Hall–Kier alpha value is -0.120. The Labute approximate surface area is 74.8 Å². The molecule has 1 aliphatic heterocycles. The number of nitrogens with zero attached hydrogens (tertiary/aromatic N) is 1. The highest BCUT2D eigenvalue weighted by Crippen LogP contribution is 2.10. The summed E-state index contributed by atoms with van der Waals surface area (Å²) < 4.78 is 0. The van der Waals surface area contributed by atoms with Crippen LogP contribution < -0.4 is 5.32 Å². The molecule has 0 aliphatic carbocycles. The van der Waals surface area contributed by atoms with E-state index in [1.807, 2.05) is 13.8 Å². The average molecular weight is 172 g/mol. The standard InChI is InChI=1S/C9H20N2O/c1-9(2,7-12)10-8-4-5-11(3)6-8/h8,10,12H,4-7H2,1-3H3. The summed E-state index contributed by atoms with van der Waals surface area (Å²) in [5, 5.41) is 12.5. The Kier molecular flexibility index (Phi) is 3.09. The molecule has 0 aromatic carbocycles. The predicted octanol–water partition coefficient (Wildman–Crippen LogP) is 0.0510. The van der Waals surface area contributed by atoms with Gasteiger partial charge in [0, 0.05) is 18.1 Å². The van der Waals surface area contributed by atoms with E-state index < -0.39 is 0 Å². The molecule has 0 aromatic heterocycles. The minimum atomic E-state index is -0.129. The van der Waals surface area contributed by atoms with E-state index >= 15 is 0 Å². The quantitative estimate of drug-likeness (QED) is 0.631. The van der Waals surface area contributed by atoms with Crippen LogP contribution >= 0.6 is 0 Å². The van der Waals surface area contributed by atoms with Gasteiger partial charge in [0.05, 0.1) is 6.61 Å². The van der Waals surface area contributed by atoms with E-state index in [4.69, 9.17) is 5.11 Å². The Morgan fingerprint density at radius 1 is 1.58 bits per heavy atom. The summed E-state index contributed by atoms with van der Waals surface area (Å²) >= 11 is 0. The van der Waals surface area contributed by atoms with Crippen molar-refractivity contribution in [1.29, 1.82) is 0 Å². The van der Waals surface area contributed by atoms with Gasteiger partial charge in [-0.25, -0.2) is 0 Å². The third kappa shape index (κ3) is 2.73. The molecule has 1 unspecified atom stereocenters. The number of likely N-dealkylation sites (N-methyl/N-ethyl adjacent to an activating group) is 1. The van der Waals surface area contributed by atoms with Crippen LogP contribution in [0, 0.1) is 0 Å². The van der Waals surface area contributed by atoms with Crippen LogP contribution in [-0.2, 0) is 0 Å². The van der Waals surface area contributed by atoms with Gasteiger partial charge in [0.2, 0.25) is 0 Å². The number of nitrogens with one attached hydrogen (secondary N) is 1. The van der Waals surface area contributed by atoms with Gasteiger partial charge in [0.15, 0.2) is 0 Å². The van der Waals surface area contributed by atoms with Crippen LogP contribution in [-0.4, -0.2) is 48.3 Å². The van der Waals surface area contributed by atoms with E-state index in [0.717, 1.165) is 6.54 Å². The maximum Gasteiger partial charge on any atom is 0.0607 e. The fourth-order valence-electron chi connectivity index (χ4n) is 1.65. The van der Waals surface area contributed by atoms with Gasteiger partial charge in [0.1, 0.15) is 0 Å². The molecule has 72 valence electrons.